The van der Waals surface area contributed by atoms with Gasteiger partial charge in [-0.05, 0) is 31.2 Å². The van der Waals surface area contributed by atoms with Crippen LogP contribution in [-0.2, 0) is 11.3 Å². The van der Waals surface area contributed by atoms with Crippen LogP contribution in [0.5, 0.6) is 11.5 Å². The van der Waals surface area contributed by atoms with Crippen LogP contribution >= 0.6 is 11.8 Å². The number of ether oxygens (including phenoxy) is 2. The molecule has 0 aliphatic heterocycles. The third kappa shape index (κ3) is 4.62. The summed E-state index contributed by atoms with van der Waals surface area (Å²) in [5, 5.41) is 11.7. The maximum Gasteiger partial charge on any atom is 0.234 e. The number of thioether (sulfide) groups is 1. The number of anilines is 1. The minimum atomic E-state index is -0.173. The molecule has 0 bridgehead atoms. The molecular weight excluding hydrogens is 368 g/mol. The van der Waals surface area contributed by atoms with Crippen molar-refractivity contribution in [1.82, 2.24) is 14.8 Å². The molecule has 0 aliphatic rings. The molecule has 2 heterocycles. The van der Waals surface area contributed by atoms with Gasteiger partial charge in [0, 0.05) is 6.07 Å². The van der Waals surface area contributed by atoms with Crippen LogP contribution in [0.25, 0.3) is 0 Å². The van der Waals surface area contributed by atoms with Gasteiger partial charge in [-0.1, -0.05) is 11.8 Å². The number of rotatable bonds is 8. The van der Waals surface area contributed by atoms with Crippen molar-refractivity contribution in [2.75, 3.05) is 25.3 Å². The summed E-state index contributed by atoms with van der Waals surface area (Å²) in [5.41, 5.74) is 0.581. The second-order valence-corrected chi connectivity index (χ2v) is 6.54. The third-order valence-corrected chi connectivity index (χ3v) is 4.78. The van der Waals surface area contributed by atoms with Crippen LogP contribution in [-0.4, -0.2) is 40.6 Å². The standard InChI is InChI=1S/C18H20N4O4S/c1-12-20-21-18(22(12)10-14-5-4-8-26-14)27-11-17(23)19-15-7-6-13(24-2)9-16(15)25-3/h4-9H,10-11H2,1-3H3,(H,19,23). The van der Waals surface area contributed by atoms with Crippen LogP contribution in [0.1, 0.15) is 11.6 Å². The number of hydrogen-bond donors (Lipinski definition) is 1. The second-order valence-electron chi connectivity index (χ2n) is 5.60. The molecule has 0 fully saturated rings. The molecule has 8 nitrogen and oxygen atoms in total. The molecular formula is C18H20N4O4S. The fourth-order valence-corrected chi connectivity index (χ4v) is 3.21. The molecule has 3 rings (SSSR count). The number of amides is 1. The number of methoxy groups -OCH3 is 2. The second kappa shape index (κ2) is 8.63. The highest BCUT2D eigenvalue weighted by atomic mass is 32.2. The first-order chi connectivity index (χ1) is 13.1. The lowest BCUT2D eigenvalue weighted by Gasteiger charge is -2.11. The van der Waals surface area contributed by atoms with E-state index in [0.29, 0.717) is 28.9 Å². The highest BCUT2D eigenvalue weighted by molar-refractivity contribution is 7.99. The van der Waals surface area contributed by atoms with Gasteiger partial charge in [0.2, 0.25) is 5.91 Å². The van der Waals surface area contributed by atoms with Crippen molar-refractivity contribution in [3.05, 3.63) is 48.2 Å². The molecule has 0 radical (unpaired) electrons. The zero-order chi connectivity index (χ0) is 19.2. The van der Waals surface area contributed by atoms with E-state index in [1.807, 2.05) is 23.6 Å². The minimum absolute atomic E-state index is 0.173. The lowest BCUT2D eigenvalue weighted by Crippen LogP contribution is -2.15. The molecule has 27 heavy (non-hydrogen) atoms. The number of furan rings is 1. The van der Waals surface area contributed by atoms with Crippen LogP contribution in [0.2, 0.25) is 0 Å². The molecule has 1 aromatic carbocycles. The lowest BCUT2D eigenvalue weighted by molar-refractivity contribution is -0.113. The minimum Gasteiger partial charge on any atom is -0.497 e. The van der Waals surface area contributed by atoms with Gasteiger partial charge in [-0.3, -0.25) is 9.36 Å². The Bertz CT molecular complexity index is 908. The van der Waals surface area contributed by atoms with Crippen LogP contribution < -0.4 is 14.8 Å². The topological polar surface area (TPSA) is 91.4 Å². The lowest BCUT2D eigenvalue weighted by atomic mass is 10.2. The molecule has 2 aromatic heterocycles. The number of nitrogens with zero attached hydrogens (tertiary/aromatic N) is 3. The van der Waals surface area contributed by atoms with Crippen LogP contribution in [0.4, 0.5) is 5.69 Å². The van der Waals surface area contributed by atoms with Gasteiger partial charge >= 0.3 is 0 Å². The summed E-state index contributed by atoms with van der Waals surface area (Å²) in [7, 11) is 3.11. The molecule has 0 unspecified atom stereocenters. The predicted octanol–water partition coefficient (Wildman–Crippen LogP) is 2.98. The van der Waals surface area contributed by atoms with Gasteiger partial charge in [0.25, 0.3) is 0 Å². The first-order valence-corrected chi connectivity index (χ1v) is 9.16. The molecule has 0 aliphatic carbocycles. The molecule has 9 heteroatoms. The van der Waals surface area contributed by atoms with Crippen LogP contribution in [0.3, 0.4) is 0 Å². The van der Waals surface area contributed by atoms with Gasteiger partial charge in [-0.25, -0.2) is 0 Å². The van der Waals surface area contributed by atoms with Crippen molar-refractivity contribution in [3.63, 3.8) is 0 Å². The van der Waals surface area contributed by atoms with Crippen LogP contribution in [0.15, 0.2) is 46.2 Å². The smallest absolute Gasteiger partial charge is 0.234 e. The Morgan fingerprint density at radius 3 is 2.81 bits per heavy atom. The van der Waals surface area contributed by atoms with E-state index in [2.05, 4.69) is 15.5 Å². The molecule has 1 N–H and O–H groups in total. The number of aromatic nitrogens is 3. The Morgan fingerprint density at radius 1 is 1.26 bits per heavy atom. The fraction of sp³-hybridized carbons (Fsp3) is 0.278. The van der Waals surface area contributed by atoms with Crippen molar-refractivity contribution >= 4 is 23.4 Å². The number of nitrogens with one attached hydrogen (secondary N) is 1. The van der Waals surface area contributed by atoms with Crippen molar-refractivity contribution in [1.29, 1.82) is 0 Å². The van der Waals surface area contributed by atoms with Crippen molar-refractivity contribution in [2.24, 2.45) is 0 Å². The summed E-state index contributed by atoms with van der Waals surface area (Å²) in [4.78, 5) is 12.3. The van der Waals surface area contributed by atoms with E-state index in [4.69, 9.17) is 13.9 Å². The zero-order valence-corrected chi connectivity index (χ0v) is 16.1. The SMILES string of the molecule is COc1ccc(NC(=O)CSc2nnc(C)n2Cc2ccco2)c(OC)c1. The maximum absolute atomic E-state index is 12.3. The quantitative estimate of drug-likeness (QED) is 0.593. The summed E-state index contributed by atoms with van der Waals surface area (Å²) < 4.78 is 17.7. The van der Waals surface area contributed by atoms with E-state index >= 15 is 0 Å². The van der Waals surface area contributed by atoms with Gasteiger partial charge in [0.05, 0.1) is 38.5 Å². The normalized spacial score (nSPS) is 10.6. The van der Waals surface area contributed by atoms with E-state index in [1.165, 1.54) is 11.8 Å². The van der Waals surface area contributed by atoms with E-state index in [-0.39, 0.29) is 11.7 Å². The Kier molecular flexibility index (Phi) is 6.02. The van der Waals surface area contributed by atoms with Crippen molar-refractivity contribution < 1.29 is 18.7 Å². The summed E-state index contributed by atoms with van der Waals surface area (Å²) in [6.07, 6.45) is 1.62. The van der Waals surface area contributed by atoms with E-state index in [9.17, 15) is 4.79 Å². The Labute approximate surface area is 160 Å². The number of carbonyl (C=O) groups is 1. The van der Waals surface area contributed by atoms with Gasteiger partial charge < -0.3 is 19.2 Å². The van der Waals surface area contributed by atoms with Gasteiger partial charge in [0.15, 0.2) is 5.16 Å². The molecule has 1 amide bonds. The predicted molar refractivity (Wildman–Crippen MR) is 101 cm³/mol. The molecule has 0 spiro atoms. The van der Waals surface area contributed by atoms with Gasteiger partial charge in [0.1, 0.15) is 23.1 Å². The van der Waals surface area contributed by atoms with E-state index < -0.39 is 0 Å². The molecule has 0 saturated heterocycles. The average Bonchev–Trinajstić information content (AvgIpc) is 3.31. The van der Waals surface area contributed by atoms with Gasteiger partial charge in [-0.2, -0.15) is 0 Å². The zero-order valence-electron chi connectivity index (χ0n) is 15.3. The molecule has 0 saturated carbocycles. The molecule has 0 atom stereocenters. The molecule has 3 aromatic rings. The highest BCUT2D eigenvalue weighted by Gasteiger charge is 2.14. The summed E-state index contributed by atoms with van der Waals surface area (Å²) >= 11 is 1.31. The first kappa shape index (κ1) is 18.8. The largest absolute Gasteiger partial charge is 0.497 e. The average molecular weight is 388 g/mol. The summed E-state index contributed by atoms with van der Waals surface area (Å²) in [6.45, 7) is 2.38. The highest BCUT2D eigenvalue weighted by Crippen LogP contribution is 2.29. The first-order valence-electron chi connectivity index (χ1n) is 8.17. The fourth-order valence-electron chi connectivity index (χ4n) is 2.43. The van der Waals surface area contributed by atoms with E-state index in [1.54, 1.807) is 38.7 Å². The Hall–Kier alpha value is -2.94. The van der Waals surface area contributed by atoms with E-state index in [0.717, 1.165) is 11.6 Å². The number of carbonyl (C=O) groups excluding carboxylic acids is 1. The van der Waals surface area contributed by atoms with Gasteiger partial charge in [-0.15, -0.1) is 10.2 Å². The number of hydrogen-bond acceptors (Lipinski definition) is 7. The van der Waals surface area contributed by atoms with Crippen molar-refractivity contribution in [2.45, 2.75) is 18.6 Å². The molecule has 142 valence electrons. The maximum atomic E-state index is 12.3. The summed E-state index contributed by atoms with van der Waals surface area (Å²) in [5.74, 6) is 2.75. The van der Waals surface area contributed by atoms with Crippen LogP contribution in [0, 0.1) is 6.92 Å². The number of benzene rings is 1. The van der Waals surface area contributed by atoms with Crippen molar-refractivity contribution in [3.8, 4) is 11.5 Å². The monoisotopic (exact) mass is 388 g/mol. The third-order valence-electron chi connectivity index (χ3n) is 3.81. The summed E-state index contributed by atoms with van der Waals surface area (Å²) in [6, 6.07) is 8.93. The Balaban J connectivity index is 1.63. The Morgan fingerprint density at radius 2 is 2.11 bits per heavy atom. The number of aryl methyl sites for hydroxylation is 1.